The third-order valence-electron chi connectivity index (χ3n) is 5.14. The van der Waals surface area contributed by atoms with E-state index in [0.29, 0.717) is 47.1 Å². The molecule has 1 fully saturated rings. The number of ether oxygens (including phenoxy) is 1. The van der Waals surface area contributed by atoms with Crippen LogP contribution in [0.4, 0.5) is 0 Å². The van der Waals surface area contributed by atoms with E-state index in [9.17, 15) is 8.42 Å². The lowest BCUT2D eigenvalue weighted by Crippen LogP contribution is -2.37. The first-order valence-corrected chi connectivity index (χ1v) is 11.5. The van der Waals surface area contributed by atoms with Crippen LogP contribution in [0, 0.1) is 5.92 Å². The Bertz CT molecular complexity index is 1090. The molecular formula is C21H22ClN3O4S. The van der Waals surface area contributed by atoms with Crippen molar-refractivity contribution in [2.24, 2.45) is 5.92 Å². The Morgan fingerprint density at radius 3 is 2.43 bits per heavy atom. The standard InChI is InChI=1S/C21H22ClN3O4S/c1-15-10-12-25(13-11-15)30(26,27)19-8-2-16(3-9-19)21-23-20(29-24-21)14-28-18-6-4-17(22)5-7-18/h2-9,15H,10-14H2,1H3. The van der Waals surface area contributed by atoms with Gasteiger partial charge in [-0.2, -0.15) is 9.29 Å². The second-order valence-electron chi connectivity index (χ2n) is 7.37. The Morgan fingerprint density at radius 2 is 1.77 bits per heavy atom. The van der Waals surface area contributed by atoms with Crippen molar-refractivity contribution in [1.29, 1.82) is 0 Å². The summed E-state index contributed by atoms with van der Waals surface area (Å²) in [5.74, 6) is 1.90. The topological polar surface area (TPSA) is 85.5 Å². The van der Waals surface area contributed by atoms with E-state index in [4.69, 9.17) is 20.9 Å². The smallest absolute Gasteiger partial charge is 0.264 e. The maximum absolute atomic E-state index is 12.8. The van der Waals surface area contributed by atoms with Crippen molar-refractivity contribution in [3.05, 3.63) is 59.4 Å². The largest absolute Gasteiger partial charge is 0.484 e. The first-order valence-electron chi connectivity index (χ1n) is 9.73. The monoisotopic (exact) mass is 447 g/mol. The van der Waals surface area contributed by atoms with Gasteiger partial charge in [0.15, 0.2) is 6.61 Å². The predicted octanol–water partition coefficient (Wildman–Crippen LogP) is 4.39. The van der Waals surface area contributed by atoms with Crippen molar-refractivity contribution < 1.29 is 17.7 Å². The predicted molar refractivity (Wildman–Crippen MR) is 113 cm³/mol. The number of hydrogen-bond acceptors (Lipinski definition) is 6. The first-order chi connectivity index (χ1) is 14.4. The maximum atomic E-state index is 12.8. The van der Waals surface area contributed by atoms with Gasteiger partial charge in [0, 0.05) is 23.7 Å². The zero-order valence-corrected chi connectivity index (χ0v) is 18.1. The molecule has 3 aromatic rings. The van der Waals surface area contributed by atoms with Crippen molar-refractivity contribution in [3.8, 4) is 17.1 Å². The van der Waals surface area contributed by atoms with E-state index < -0.39 is 10.0 Å². The fraction of sp³-hybridized carbons (Fsp3) is 0.333. The number of nitrogens with zero attached hydrogens (tertiary/aromatic N) is 3. The lowest BCUT2D eigenvalue weighted by atomic mass is 10.0. The zero-order chi connectivity index (χ0) is 21.1. The molecule has 0 unspecified atom stereocenters. The number of rotatable bonds is 6. The average Bonchev–Trinajstić information content (AvgIpc) is 3.23. The summed E-state index contributed by atoms with van der Waals surface area (Å²) in [5.41, 5.74) is 0.669. The number of piperidine rings is 1. The van der Waals surface area contributed by atoms with Crippen LogP contribution in [-0.4, -0.2) is 36.0 Å². The van der Waals surface area contributed by atoms with Crippen LogP contribution in [-0.2, 0) is 16.6 Å². The van der Waals surface area contributed by atoms with Crippen molar-refractivity contribution in [2.45, 2.75) is 31.3 Å². The highest BCUT2D eigenvalue weighted by atomic mass is 35.5. The molecule has 1 aromatic heterocycles. The second-order valence-corrected chi connectivity index (χ2v) is 9.74. The lowest BCUT2D eigenvalue weighted by molar-refractivity contribution is 0.243. The lowest BCUT2D eigenvalue weighted by Gasteiger charge is -2.29. The van der Waals surface area contributed by atoms with Crippen molar-refractivity contribution in [1.82, 2.24) is 14.4 Å². The highest BCUT2D eigenvalue weighted by molar-refractivity contribution is 7.89. The molecule has 0 aliphatic carbocycles. The minimum absolute atomic E-state index is 0.120. The number of benzene rings is 2. The normalized spacial score (nSPS) is 15.9. The van der Waals surface area contributed by atoms with Crippen LogP contribution >= 0.6 is 11.6 Å². The summed E-state index contributed by atoms with van der Waals surface area (Å²) in [6.45, 7) is 3.40. The van der Waals surface area contributed by atoms with E-state index >= 15 is 0 Å². The third kappa shape index (κ3) is 4.66. The van der Waals surface area contributed by atoms with E-state index in [1.54, 1.807) is 52.8 Å². The summed E-state index contributed by atoms with van der Waals surface area (Å²) < 4.78 is 38.1. The first kappa shape index (κ1) is 20.8. The van der Waals surface area contributed by atoms with Gasteiger partial charge in [-0.15, -0.1) is 0 Å². The summed E-state index contributed by atoms with van der Waals surface area (Å²) in [4.78, 5) is 4.59. The highest BCUT2D eigenvalue weighted by Gasteiger charge is 2.28. The summed E-state index contributed by atoms with van der Waals surface area (Å²) in [5, 5.41) is 4.58. The number of aromatic nitrogens is 2. The van der Waals surface area contributed by atoms with Crippen LogP contribution in [0.3, 0.4) is 0 Å². The van der Waals surface area contributed by atoms with Gasteiger partial charge in [0.2, 0.25) is 15.8 Å². The van der Waals surface area contributed by atoms with Crippen LogP contribution < -0.4 is 4.74 Å². The van der Waals surface area contributed by atoms with Gasteiger partial charge in [0.05, 0.1) is 4.90 Å². The zero-order valence-electron chi connectivity index (χ0n) is 16.5. The molecule has 2 heterocycles. The van der Waals surface area contributed by atoms with Gasteiger partial charge in [-0.05, 0) is 67.3 Å². The number of sulfonamides is 1. The van der Waals surface area contributed by atoms with Gasteiger partial charge in [-0.1, -0.05) is 23.7 Å². The number of hydrogen-bond donors (Lipinski definition) is 0. The molecule has 158 valence electrons. The van der Waals surface area contributed by atoms with E-state index in [0.717, 1.165) is 12.8 Å². The summed E-state index contributed by atoms with van der Waals surface area (Å²) in [7, 11) is -3.48. The van der Waals surface area contributed by atoms with Gasteiger partial charge >= 0.3 is 0 Å². The molecule has 0 saturated carbocycles. The van der Waals surface area contributed by atoms with Crippen molar-refractivity contribution in [2.75, 3.05) is 13.1 Å². The van der Waals surface area contributed by atoms with Crippen LogP contribution in [0.25, 0.3) is 11.4 Å². The SMILES string of the molecule is CC1CCN(S(=O)(=O)c2ccc(-c3noc(COc4ccc(Cl)cc4)n3)cc2)CC1. The van der Waals surface area contributed by atoms with Gasteiger partial charge in [-0.3, -0.25) is 0 Å². The van der Waals surface area contributed by atoms with Crippen LogP contribution in [0.15, 0.2) is 57.9 Å². The van der Waals surface area contributed by atoms with Gasteiger partial charge in [-0.25, -0.2) is 8.42 Å². The molecule has 0 bridgehead atoms. The van der Waals surface area contributed by atoms with E-state index in [-0.39, 0.29) is 11.5 Å². The van der Waals surface area contributed by atoms with Crippen LogP contribution in [0.5, 0.6) is 5.75 Å². The summed E-state index contributed by atoms with van der Waals surface area (Å²) in [6, 6.07) is 13.5. The minimum Gasteiger partial charge on any atom is -0.484 e. The van der Waals surface area contributed by atoms with Crippen LogP contribution in [0.2, 0.25) is 5.02 Å². The Morgan fingerprint density at radius 1 is 1.10 bits per heavy atom. The maximum Gasteiger partial charge on any atom is 0.264 e. The van der Waals surface area contributed by atoms with Gasteiger partial charge in [0.1, 0.15) is 5.75 Å². The molecule has 0 spiro atoms. The van der Waals surface area contributed by atoms with E-state index in [1.165, 1.54) is 0 Å². The Labute approximate surface area is 180 Å². The Hall–Kier alpha value is -2.42. The summed E-state index contributed by atoms with van der Waals surface area (Å²) in [6.07, 6.45) is 1.78. The quantitative estimate of drug-likeness (QED) is 0.557. The van der Waals surface area contributed by atoms with E-state index in [1.807, 2.05) is 0 Å². The fourth-order valence-electron chi connectivity index (χ4n) is 3.26. The number of halogens is 1. The molecule has 0 atom stereocenters. The van der Waals surface area contributed by atoms with Crippen molar-refractivity contribution >= 4 is 21.6 Å². The molecule has 4 rings (SSSR count). The molecule has 2 aromatic carbocycles. The minimum atomic E-state index is -3.48. The van der Waals surface area contributed by atoms with Gasteiger partial charge < -0.3 is 9.26 Å². The molecule has 0 N–H and O–H groups in total. The Balaban J connectivity index is 1.42. The molecule has 1 aliphatic heterocycles. The molecule has 1 aliphatic rings. The third-order valence-corrected chi connectivity index (χ3v) is 7.30. The molecule has 0 amide bonds. The molecule has 1 saturated heterocycles. The molecule has 0 radical (unpaired) electrons. The average molecular weight is 448 g/mol. The highest BCUT2D eigenvalue weighted by Crippen LogP contribution is 2.25. The second kappa shape index (κ2) is 8.75. The van der Waals surface area contributed by atoms with Crippen LogP contribution in [0.1, 0.15) is 25.7 Å². The Kier molecular flexibility index (Phi) is 6.08. The fourth-order valence-corrected chi connectivity index (χ4v) is 4.85. The summed E-state index contributed by atoms with van der Waals surface area (Å²) >= 11 is 5.85. The van der Waals surface area contributed by atoms with Gasteiger partial charge in [0.25, 0.3) is 5.89 Å². The van der Waals surface area contributed by atoms with Crippen molar-refractivity contribution in [3.63, 3.8) is 0 Å². The molecule has 9 heteroatoms. The molecule has 7 nitrogen and oxygen atoms in total. The van der Waals surface area contributed by atoms with E-state index in [2.05, 4.69) is 17.1 Å². The molecule has 30 heavy (non-hydrogen) atoms. The molecular weight excluding hydrogens is 426 g/mol.